The number of aromatic nitrogens is 1. The van der Waals surface area contributed by atoms with E-state index in [-0.39, 0.29) is 0 Å². The van der Waals surface area contributed by atoms with Gasteiger partial charge in [0, 0.05) is 11.6 Å². The molecule has 2 aromatic carbocycles. The summed E-state index contributed by atoms with van der Waals surface area (Å²) in [5.41, 5.74) is 1.17. The maximum Gasteiger partial charge on any atom is 0.120 e. The van der Waals surface area contributed by atoms with Gasteiger partial charge in [-0.25, -0.2) is 0 Å². The molecule has 0 saturated heterocycles. The van der Waals surface area contributed by atoms with Crippen molar-refractivity contribution in [2.24, 2.45) is 0 Å². The lowest BCUT2D eigenvalue weighted by atomic mass is 10.2. The van der Waals surface area contributed by atoms with E-state index in [4.69, 9.17) is 4.74 Å². The van der Waals surface area contributed by atoms with Crippen LogP contribution in [-0.4, -0.2) is 4.98 Å². The summed E-state index contributed by atoms with van der Waals surface area (Å²) in [6.07, 6.45) is 4.63. The number of fused-ring (bicyclic) bond motifs is 1. The number of hydrogen-bond acceptors (Lipinski definition) is 2. The summed E-state index contributed by atoms with van der Waals surface area (Å²) in [6, 6.07) is 18.0. The second-order valence-electron chi connectivity index (χ2n) is 4.10. The first kappa shape index (κ1) is 10.8. The van der Waals surface area contributed by atoms with E-state index >= 15 is 0 Å². The second kappa shape index (κ2) is 4.88. The first-order valence-electron chi connectivity index (χ1n) is 5.84. The van der Waals surface area contributed by atoms with Gasteiger partial charge in [0.15, 0.2) is 0 Å². The van der Waals surface area contributed by atoms with Crippen LogP contribution in [0.1, 0.15) is 5.56 Å². The zero-order valence-electron chi connectivity index (χ0n) is 9.84. The number of hydrogen-bond donors (Lipinski definition) is 0. The van der Waals surface area contributed by atoms with Crippen molar-refractivity contribution in [3.05, 3.63) is 72.6 Å². The average Bonchev–Trinajstić information content (AvgIpc) is 2.46. The van der Waals surface area contributed by atoms with E-state index in [9.17, 15) is 0 Å². The van der Waals surface area contributed by atoms with Crippen molar-refractivity contribution in [1.82, 2.24) is 4.98 Å². The molecule has 0 aliphatic heterocycles. The van der Waals surface area contributed by atoms with Crippen molar-refractivity contribution in [2.75, 3.05) is 0 Å². The molecule has 1 heterocycles. The summed E-state index contributed by atoms with van der Waals surface area (Å²) in [4.78, 5) is 3.97. The van der Waals surface area contributed by atoms with Crippen LogP contribution in [-0.2, 0) is 6.61 Å². The van der Waals surface area contributed by atoms with Crippen LogP contribution in [0.2, 0.25) is 0 Å². The summed E-state index contributed by atoms with van der Waals surface area (Å²) in [5.74, 6) is 0.867. The lowest BCUT2D eigenvalue weighted by Gasteiger charge is -2.07. The Balaban J connectivity index is 1.79. The third-order valence-electron chi connectivity index (χ3n) is 2.80. The normalized spacial score (nSPS) is 10.4. The quantitative estimate of drug-likeness (QED) is 0.690. The SMILES string of the molecule is [c]1cc2cc(OCc3ccccc3)ccc2cn1. The summed E-state index contributed by atoms with van der Waals surface area (Å²) >= 11 is 0. The van der Waals surface area contributed by atoms with Crippen molar-refractivity contribution in [3.63, 3.8) is 0 Å². The molecule has 0 aliphatic rings. The molecule has 3 aromatic rings. The molecular weight excluding hydrogens is 222 g/mol. The molecule has 0 aliphatic carbocycles. The Morgan fingerprint density at radius 2 is 1.89 bits per heavy atom. The fraction of sp³-hybridized carbons (Fsp3) is 0.0625. The molecule has 3 rings (SSSR count). The van der Waals surface area contributed by atoms with Gasteiger partial charge in [-0.3, -0.25) is 4.98 Å². The van der Waals surface area contributed by atoms with Crippen LogP contribution in [0, 0.1) is 6.20 Å². The highest BCUT2D eigenvalue weighted by molar-refractivity contribution is 5.82. The fourth-order valence-corrected chi connectivity index (χ4v) is 1.84. The number of benzene rings is 2. The van der Waals surface area contributed by atoms with E-state index in [0.29, 0.717) is 6.61 Å². The Hall–Kier alpha value is -2.35. The largest absolute Gasteiger partial charge is 0.489 e. The Labute approximate surface area is 106 Å². The van der Waals surface area contributed by atoms with Crippen LogP contribution >= 0.6 is 0 Å². The maximum atomic E-state index is 5.77. The van der Waals surface area contributed by atoms with Crippen LogP contribution in [0.25, 0.3) is 10.8 Å². The van der Waals surface area contributed by atoms with Gasteiger partial charge in [-0.15, -0.1) is 0 Å². The zero-order valence-corrected chi connectivity index (χ0v) is 9.84. The molecule has 2 heteroatoms. The molecule has 0 saturated carbocycles. The molecule has 18 heavy (non-hydrogen) atoms. The van der Waals surface area contributed by atoms with Gasteiger partial charge in [0.05, 0.1) is 6.20 Å². The van der Waals surface area contributed by atoms with E-state index in [1.54, 1.807) is 6.20 Å². The number of nitrogens with zero attached hydrogens (tertiary/aromatic N) is 1. The van der Waals surface area contributed by atoms with E-state index in [0.717, 1.165) is 16.5 Å². The van der Waals surface area contributed by atoms with Crippen LogP contribution in [0.3, 0.4) is 0 Å². The fourth-order valence-electron chi connectivity index (χ4n) is 1.84. The number of pyridine rings is 1. The lowest BCUT2D eigenvalue weighted by Crippen LogP contribution is -1.94. The molecule has 2 nitrogen and oxygen atoms in total. The monoisotopic (exact) mass is 234 g/mol. The highest BCUT2D eigenvalue weighted by Gasteiger charge is 1.98. The molecule has 1 radical (unpaired) electrons. The predicted molar refractivity (Wildman–Crippen MR) is 71.4 cm³/mol. The smallest absolute Gasteiger partial charge is 0.120 e. The predicted octanol–water partition coefficient (Wildman–Crippen LogP) is 3.61. The summed E-state index contributed by atoms with van der Waals surface area (Å²) in [6.45, 7) is 0.584. The van der Waals surface area contributed by atoms with E-state index in [2.05, 4.69) is 23.3 Å². The van der Waals surface area contributed by atoms with Gasteiger partial charge in [0.1, 0.15) is 12.4 Å². The molecule has 0 fully saturated rings. The van der Waals surface area contributed by atoms with Crippen molar-refractivity contribution >= 4 is 10.8 Å². The first-order chi connectivity index (χ1) is 8.92. The topological polar surface area (TPSA) is 22.1 Å². The molecule has 0 unspecified atom stereocenters. The van der Waals surface area contributed by atoms with Gasteiger partial charge >= 0.3 is 0 Å². The van der Waals surface area contributed by atoms with Gasteiger partial charge in [-0.2, -0.15) is 0 Å². The van der Waals surface area contributed by atoms with E-state index in [1.165, 1.54) is 5.56 Å². The van der Waals surface area contributed by atoms with Gasteiger partial charge < -0.3 is 4.74 Å². The molecule has 0 atom stereocenters. The van der Waals surface area contributed by atoms with Crippen molar-refractivity contribution in [1.29, 1.82) is 0 Å². The van der Waals surface area contributed by atoms with Crippen molar-refractivity contribution < 1.29 is 4.74 Å². The Morgan fingerprint density at radius 1 is 1.00 bits per heavy atom. The van der Waals surface area contributed by atoms with Crippen LogP contribution in [0.4, 0.5) is 0 Å². The van der Waals surface area contributed by atoms with Crippen molar-refractivity contribution in [3.8, 4) is 5.75 Å². The maximum absolute atomic E-state index is 5.77. The molecule has 0 bridgehead atoms. The Bertz CT molecular complexity index is 649. The highest BCUT2D eigenvalue weighted by atomic mass is 16.5. The van der Waals surface area contributed by atoms with Crippen LogP contribution in [0.15, 0.2) is 60.8 Å². The third-order valence-corrected chi connectivity index (χ3v) is 2.80. The second-order valence-corrected chi connectivity index (χ2v) is 4.10. The molecule has 87 valence electrons. The van der Waals surface area contributed by atoms with Crippen LogP contribution < -0.4 is 4.74 Å². The minimum atomic E-state index is 0.584. The standard InChI is InChI=1S/C16H12NO/c1-2-4-13(5-3-1)12-18-16-7-6-15-11-17-9-8-14(15)10-16/h1-8,10-11H,12H2. The van der Waals surface area contributed by atoms with Gasteiger partial charge in [-0.05, 0) is 35.2 Å². The summed E-state index contributed by atoms with van der Waals surface area (Å²) in [5, 5.41) is 2.19. The average molecular weight is 234 g/mol. The Morgan fingerprint density at radius 3 is 2.78 bits per heavy atom. The van der Waals surface area contributed by atoms with Crippen molar-refractivity contribution in [2.45, 2.75) is 6.61 Å². The first-order valence-corrected chi connectivity index (χ1v) is 5.84. The summed E-state index contributed by atoms with van der Waals surface area (Å²) < 4.78 is 5.77. The molecule has 0 spiro atoms. The Kier molecular flexibility index (Phi) is 2.92. The van der Waals surface area contributed by atoms with Gasteiger partial charge in [0.2, 0.25) is 0 Å². The minimum Gasteiger partial charge on any atom is -0.489 e. The van der Waals surface area contributed by atoms with E-state index in [1.807, 2.05) is 42.5 Å². The molecular formula is C16H12NO. The number of rotatable bonds is 3. The highest BCUT2D eigenvalue weighted by Crippen LogP contribution is 2.20. The van der Waals surface area contributed by atoms with Crippen LogP contribution in [0.5, 0.6) is 5.75 Å². The van der Waals surface area contributed by atoms with E-state index < -0.39 is 0 Å². The van der Waals surface area contributed by atoms with Gasteiger partial charge in [0.25, 0.3) is 0 Å². The lowest BCUT2D eigenvalue weighted by molar-refractivity contribution is 0.306. The zero-order chi connectivity index (χ0) is 12.2. The van der Waals surface area contributed by atoms with Gasteiger partial charge in [-0.1, -0.05) is 30.3 Å². The molecule has 0 N–H and O–H groups in total. The molecule has 0 amide bonds. The minimum absolute atomic E-state index is 0.584. The number of ether oxygens (including phenoxy) is 1. The molecule has 1 aromatic heterocycles. The summed E-state index contributed by atoms with van der Waals surface area (Å²) in [7, 11) is 0. The third kappa shape index (κ3) is 2.33.